The Morgan fingerprint density at radius 2 is 1.28 bits per heavy atom. The molecule has 0 saturated carbocycles. The molecule has 54 heavy (non-hydrogen) atoms. The van der Waals surface area contributed by atoms with E-state index in [4.69, 9.17) is 0 Å². The van der Waals surface area contributed by atoms with Crippen LogP contribution in [0.25, 0.3) is 44.2 Å². The lowest BCUT2D eigenvalue weighted by Crippen LogP contribution is -2.22. The summed E-state index contributed by atoms with van der Waals surface area (Å²) in [5, 5.41) is 2.62. The first-order chi connectivity index (χ1) is 26.3. The summed E-state index contributed by atoms with van der Waals surface area (Å²) in [4.78, 5) is 2.53. The van der Waals surface area contributed by atoms with Gasteiger partial charge in [-0.1, -0.05) is 137 Å². The smallest absolute Gasteiger partial charge is 0.0541 e. The van der Waals surface area contributed by atoms with Crippen LogP contribution >= 0.6 is 0 Å². The van der Waals surface area contributed by atoms with Gasteiger partial charge in [0.05, 0.1) is 16.7 Å². The first kappa shape index (κ1) is 31.6. The summed E-state index contributed by atoms with van der Waals surface area (Å²) in [5.74, 6) is 0.440. The highest BCUT2D eigenvalue weighted by atomic mass is 15.1. The van der Waals surface area contributed by atoms with Crippen LogP contribution in [0.1, 0.15) is 69.2 Å². The summed E-state index contributed by atoms with van der Waals surface area (Å²) in [5.41, 5.74) is 20.0. The Hall–Kier alpha value is -5.86. The summed E-state index contributed by atoms with van der Waals surface area (Å²) >= 11 is 0. The van der Waals surface area contributed by atoms with Gasteiger partial charge in [-0.3, -0.25) is 0 Å². The summed E-state index contributed by atoms with van der Waals surface area (Å²) in [6, 6.07) is 41.3. The fourth-order valence-electron chi connectivity index (χ4n) is 10.5. The monoisotopic (exact) mass is 696 g/mol. The van der Waals surface area contributed by atoms with Crippen molar-refractivity contribution >= 4 is 44.5 Å². The molecule has 5 aromatic carbocycles. The molecular weight excluding hydrogens is 653 g/mol. The average Bonchev–Trinajstić information content (AvgIpc) is 3.75. The van der Waals surface area contributed by atoms with Crippen molar-refractivity contribution in [1.29, 1.82) is 0 Å². The molecule has 2 heteroatoms. The Kier molecular flexibility index (Phi) is 6.64. The molecule has 5 aliphatic rings. The molecule has 1 aromatic heterocycles. The molecule has 0 amide bonds. The van der Waals surface area contributed by atoms with Crippen LogP contribution in [0.15, 0.2) is 169 Å². The minimum Gasteiger partial charge on any atom is -0.311 e. The van der Waals surface area contributed by atoms with E-state index in [0.29, 0.717) is 5.92 Å². The second-order valence-corrected chi connectivity index (χ2v) is 16.8. The Morgan fingerprint density at radius 3 is 2.04 bits per heavy atom. The number of rotatable bonds is 4. The molecule has 6 aromatic rings. The molecule has 0 radical (unpaired) electrons. The molecule has 1 unspecified atom stereocenters. The fourth-order valence-corrected chi connectivity index (χ4v) is 10.5. The van der Waals surface area contributed by atoms with Crippen LogP contribution in [-0.4, -0.2) is 4.57 Å². The zero-order valence-corrected chi connectivity index (χ0v) is 31.5. The zero-order valence-electron chi connectivity index (χ0n) is 31.5. The van der Waals surface area contributed by atoms with E-state index in [1.165, 1.54) is 89.1 Å². The maximum Gasteiger partial charge on any atom is 0.0541 e. The highest BCUT2D eigenvalue weighted by molar-refractivity contribution is 6.15. The van der Waals surface area contributed by atoms with Crippen molar-refractivity contribution in [2.75, 3.05) is 4.90 Å². The third-order valence-corrected chi connectivity index (χ3v) is 13.2. The molecule has 1 heterocycles. The number of aromatic nitrogens is 1. The van der Waals surface area contributed by atoms with Gasteiger partial charge in [0.15, 0.2) is 0 Å². The molecule has 0 saturated heterocycles. The van der Waals surface area contributed by atoms with E-state index in [0.717, 1.165) is 19.3 Å². The van der Waals surface area contributed by atoms with Crippen molar-refractivity contribution in [3.05, 3.63) is 191 Å². The summed E-state index contributed by atoms with van der Waals surface area (Å²) < 4.78 is 2.54. The average molecular weight is 697 g/mol. The van der Waals surface area contributed by atoms with Crippen molar-refractivity contribution in [3.63, 3.8) is 0 Å². The zero-order chi connectivity index (χ0) is 36.3. The number of allylic oxidation sites excluding steroid dienone is 11. The van der Waals surface area contributed by atoms with Gasteiger partial charge in [0.2, 0.25) is 0 Å². The topological polar surface area (TPSA) is 8.17 Å². The van der Waals surface area contributed by atoms with Gasteiger partial charge in [-0.2, -0.15) is 0 Å². The normalized spacial score (nSPS) is 19.9. The summed E-state index contributed by atoms with van der Waals surface area (Å²) in [6.07, 6.45) is 19.5. The highest BCUT2D eigenvalue weighted by Crippen LogP contribution is 2.56. The van der Waals surface area contributed by atoms with E-state index < -0.39 is 0 Å². The maximum atomic E-state index is 2.54. The van der Waals surface area contributed by atoms with Crippen molar-refractivity contribution < 1.29 is 0 Å². The number of nitrogens with zero attached hydrogens (tertiary/aromatic N) is 2. The largest absolute Gasteiger partial charge is 0.311 e. The Bertz CT molecular complexity index is 2750. The molecule has 0 bridgehead atoms. The van der Waals surface area contributed by atoms with Crippen molar-refractivity contribution in [2.24, 2.45) is 5.92 Å². The first-order valence-corrected chi connectivity index (χ1v) is 19.7. The Morgan fingerprint density at radius 1 is 0.630 bits per heavy atom. The third-order valence-electron chi connectivity index (χ3n) is 13.2. The van der Waals surface area contributed by atoms with Crippen LogP contribution < -0.4 is 4.90 Å². The second kappa shape index (κ2) is 11.3. The van der Waals surface area contributed by atoms with Gasteiger partial charge in [-0.05, 0) is 106 Å². The van der Waals surface area contributed by atoms with E-state index in [2.05, 4.69) is 189 Å². The number of fused-ring (bicyclic) bond motifs is 9. The number of benzene rings is 5. The molecular formula is C52H44N2. The minimum absolute atomic E-state index is 0.0759. The van der Waals surface area contributed by atoms with Crippen molar-refractivity contribution in [2.45, 2.75) is 57.8 Å². The molecule has 262 valence electrons. The van der Waals surface area contributed by atoms with E-state index in [1.807, 2.05) is 0 Å². The van der Waals surface area contributed by atoms with Crippen LogP contribution in [0.3, 0.4) is 0 Å². The predicted octanol–water partition coefficient (Wildman–Crippen LogP) is 13.6. The lowest BCUT2D eigenvalue weighted by atomic mass is 9.78. The van der Waals surface area contributed by atoms with Crippen LogP contribution in [0.4, 0.5) is 11.4 Å². The van der Waals surface area contributed by atoms with Gasteiger partial charge >= 0.3 is 0 Å². The van der Waals surface area contributed by atoms with Gasteiger partial charge in [0, 0.05) is 50.2 Å². The van der Waals surface area contributed by atoms with Gasteiger partial charge in [0.1, 0.15) is 0 Å². The van der Waals surface area contributed by atoms with Gasteiger partial charge < -0.3 is 9.47 Å². The predicted molar refractivity (Wildman–Crippen MR) is 228 cm³/mol. The molecule has 0 N–H and O–H groups in total. The number of anilines is 2. The first-order valence-electron chi connectivity index (χ1n) is 19.7. The van der Waals surface area contributed by atoms with E-state index >= 15 is 0 Å². The van der Waals surface area contributed by atoms with Crippen LogP contribution in [0.2, 0.25) is 0 Å². The second-order valence-electron chi connectivity index (χ2n) is 16.8. The lowest BCUT2D eigenvalue weighted by molar-refractivity contribution is 0.607. The van der Waals surface area contributed by atoms with Crippen LogP contribution in [-0.2, 0) is 10.8 Å². The summed E-state index contributed by atoms with van der Waals surface area (Å²) in [7, 11) is 0. The Labute approximate surface area is 318 Å². The van der Waals surface area contributed by atoms with Crippen LogP contribution in [0.5, 0.6) is 0 Å². The highest BCUT2D eigenvalue weighted by Gasteiger charge is 2.41. The number of hydrogen-bond acceptors (Lipinski definition) is 1. The van der Waals surface area contributed by atoms with E-state index in [1.54, 1.807) is 5.57 Å². The summed E-state index contributed by atoms with van der Waals surface area (Å²) in [6.45, 7) is 9.68. The SMILES string of the molecule is CC1(C)C2=C(C(n3c4ccccc4c4ccccc43)=CCC2)c2ccc(N(C3=CCC4C=CC=CC4=C3)c3ccc4c(c3)C(C)(C)c3ccccc3-4)cc21. The number of para-hydroxylation sites is 2. The van der Waals surface area contributed by atoms with Gasteiger partial charge in [-0.25, -0.2) is 0 Å². The number of hydrogen-bond donors (Lipinski definition) is 0. The molecule has 1 atom stereocenters. The maximum absolute atomic E-state index is 2.54. The molecule has 5 aliphatic carbocycles. The standard InChI is InChI=1S/C52H44N2/c1-51(2)43-19-10-7-16-38(43)39-28-26-36(31-45(39)51)53(35-25-24-33-14-5-6-15-34(33)30-35)37-27-29-42-46(32-37)52(3,4)44-20-13-23-49(50(42)44)54-47-21-11-8-17-40(47)41-18-9-12-22-48(41)54/h5-12,14-19,21-23,25-33H,13,20,24H2,1-4H3. The van der Waals surface area contributed by atoms with Crippen LogP contribution in [0, 0.1) is 5.92 Å². The van der Waals surface area contributed by atoms with Crippen molar-refractivity contribution in [3.8, 4) is 11.1 Å². The molecule has 2 nitrogen and oxygen atoms in total. The van der Waals surface area contributed by atoms with E-state index in [9.17, 15) is 0 Å². The van der Waals surface area contributed by atoms with Gasteiger partial charge in [0.25, 0.3) is 0 Å². The van der Waals surface area contributed by atoms with Crippen molar-refractivity contribution in [1.82, 2.24) is 4.57 Å². The quantitative estimate of drug-likeness (QED) is 0.178. The molecule has 11 rings (SSSR count). The molecule has 0 fully saturated rings. The molecule has 0 aliphatic heterocycles. The lowest BCUT2D eigenvalue weighted by Gasteiger charge is -2.33. The minimum atomic E-state index is -0.104. The third kappa shape index (κ3) is 4.34. The molecule has 0 spiro atoms. The fraction of sp³-hybridized carbons (Fsp3) is 0.192. The van der Waals surface area contributed by atoms with Gasteiger partial charge in [-0.15, -0.1) is 0 Å². The Balaban J connectivity index is 1.08. The van der Waals surface area contributed by atoms with E-state index in [-0.39, 0.29) is 10.8 Å².